The Balaban J connectivity index is 2.45. The number of para-hydroxylation sites is 2. The Morgan fingerprint density at radius 1 is 1.19 bits per heavy atom. The molecule has 2 aromatic rings. The number of aliphatic hydroxyl groups is 1. The normalized spacial score (nSPS) is 10.4. The number of nitrogens with two attached hydrogens (primary N) is 1. The summed E-state index contributed by atoms with van der Waals surface area (Å²) >= 11 is 6.74. The average molecular weight is 414 g/mol. The SMILES string of the molecule is Nc1ccccc1N(CCO)C(=O)c1cc(Br)ccc1Br. The topological polar surface area (TPSA) is 66.6 Å². The van der Waals surface area contributed by atoms with Crippen LogP contribution in [-0.2, 0) is 0 Å². The second-order valence-corrected chi connectivity index (χ2v) is 6.13. The molecule has 0 heterocycles. The maximum absolute atomic E-state index is 12.8. The van der Waals surface area contributed by atoms with Gasteiger partial charge in [-0.2, -0.15) is 0 Å². The van der Waals surface area contributed by atoms with E-state index in [0.29, 0.717) is 21.4 Å². The number of hydrogen-bond acceptors (Lipinski definition) is 3. The van der Waals surface area contributed by atoms with Gasteiger partial charge in [0.15, 0.2) is 0 Å². The van der Waals surface area contributed by atoms with Crippen molar-refractivity contribution in [3.05, 3.63) is 57.0 Å². The molecule has 0 aliphatic rings. The van der Waals surface area contributed by atoms with Crippen LogP contribution in [0.1, 0.15) is 10.4 Å². The number of rotatable bonds is 4. The molecular formula is C15H14Br2N2O2. The van der Waals surface area contributed by atoms with Gasteiger partial charge in [-0.25, -0.2) is 0 Å². The first kappa shape index (κ1) is 16.0. The number of carbonyl (C=O) groups is 1. The van der Waals surface area contributed by atoms with Gasteiger partial charge in [0.2, 0.25) is 0 Å². The largest absolute Gasteiger partial charge is 0.397 e. The minimum atomic E-state index is -0.227. The Labute approximate surface area is 139 Å². The lowest BCUT2D eigenvalue weighted by Crippen LogP contribution is -2.34. The van der Waals surface area contributed by atoms with Crippen LogP contribution in [0.2, 0.25) is 0 Å². The summed E-state index contributed by atoms with van der Waals surface area (Å²) in [6, 6.07) is 12.5. The molecular weight excluding hydrogens is 400 g/mol. The number of anilines is 2. The predicted octanol–water partition coefficient (Wildman–Crippen LogP) is 3.43. The molecule has 110 valence electrons. The van der Waals surface area contributed by atoms with Gasteiger partial charge < -0.3 is 15.7 Å². The molecule has 0 spiro atoms. The number of amides is 1. The second-order valence-electron chi connectivity index (χ2n) is 4.36. The average Bonchev–Trinajstić information content (AvgIpc) is 2.47. The van der Waals surface area contributed by atoms with E-state index in [1.54, 1.807) is 36.4 Å². The molecule has 3 N–H and O–H groups in total. The summed E-state index contributed by atoms with van der Waals surface area (Å²) < 4.78 is 1.49. The molecule has 0 aromatic heterocycles. The molecule has 21 heavy (non-hydrogen) atoms. The maximum Gasteiger partial charge on any atom is 0.259 e. The van der Waals surface area contributed by atoms with E-state index in [0.717, 1.165) is 4.47 Å². The Kier molecular flexibility index (Phi) is 5.39. The van der Waals surface area contributed by atoms with Crippen LogP contribution in [0.15, 0.2) is 51.4 Å². The highest BCUT2D eigenvalue weighted by Crippen LogP contribution is 2.28. The van der Waals surface area contributed by atoms with Crippen molar-refractivity contribution in [3.63, 3.8) is 0 Å². The Morgan fingerprint density at radius 3 is 2.57 bits per heavy atom. The first-order valence-electron chi connectivity index (χ1n) is 6.27. The van der Waals surface area contributed by atoms with Crippen LogP contribution in [0.5, 0.6) is 0 Å². The van der Waals surface area contributed by atoms with Crippen molar-refractivity contribution in [3.8, 4) is 0 Å². The summed E-state index contributed by atoms with van der Waals surface area (Å²) in [5.74, 6) is -0.227. The number of nitrogen functional groups attached to an aromatic ring is 1. The van der Waals surface area contributed by atoms with Gasteiger partial charge in [-0.1, -0.05) is 28.1 Å². The minimum absolute atomic E-state index is 0.147. The third-order valence-corrected chi connectivity index (χ3v) is 4.14. The number of aliphatic hydroxyl groups excluding tert-OH is 1. The van der Waals surface area contributed by atoms with Crippen molar-refractivity contribution >= 4 is 49.1 Å². The molecule has 0 fully saturated rings. The number of hydrogen-bond donors (Lipinski definition) is 2. The van der Waals surface area contributed by atoms with Crippen molar-refractivity contribution in [2.75, 3.05) is 23.8 Å². The minimum Gasteiger partial charge on any atom is -0.397 e. The van der Waals surface area contributed by atoms with Crippen LogP contribution in [0.4, 0.5) is 11.4 Å². The van der Waals surface area contributed by atoms with E-state index >= 15 is 0 Å². The van der Waals surface area contributed by atoms with Crippen LogP contribution < -0.4 is 10.6 Å². The summed E-state index contributed by atoms with van der Waals surface area (Å²) in [5.41, 5.74) is 7.52. The molecule has 6 heteroatoms. The fourth-order valence-corrected chi connectivity index (χ4v) is 2.75. The summed E-state index contributed by atoms with van der Waals surface area (Å²) in [7, 11) is 0. The van der Waals surface area contributed by atoms with Gasteiger partial charge in [-0.05, 0) is 46.3 Å². The zero-order valence-electron chi connectivity index (χ0n) is 11.1. The van der Waals surface area contributed by atoms with Crippen molar-refractivity contribution in [2.24, 2.45) is 0 Å². The number of carbonyl (C=O) groups excluding carboxylic acids is 1. The van der Waals surface area contributed by atoms with Crippen molar-refractivity contribution in [1.82, 2.24) is 0 Å². The van der Waals surface area contributed by atoms with E-state index < -0.39 is 0 Å². The smallest absolute Gasteiger partial charge is 0.259 e. The fraction of sp³-hybridized carbons (Fsp3) is 0.133. The van der Waals surface area contributed by atoms with Gasteiger partial charge in [0, 0.05) is 15.5 Å². The third-order valence-electron chi connectivity index (χ3n) is 2.96. The summed E-state index contributed by atoms with van der Waals surface area (Å²) in [6.07, 6.45) is 0. The lowest BCUT2D eigenvalue weighted by molar-refractivity contribution is 0.0980. The van der Waals surface area contributed by atoms with Crippen LogP contribution >= 0.6 is 31.9 Å². The standard InChI is InChI=1S/C15H14Br2N2O2/c16-10-5-6-12(17)11(9-10)15(21)19(7-8-20)14-4-2-1-3-13(14)18/h1-6,9,20H,7-8,18H2. The van der Waals surface area contributed by atoms with E-state index in [1.165, 1.54) is 4.90 Å². The third kappa shape index (κ3) is 3.64. The first-order chi connectivity index (χ1) is 10.0. The van der Waals surface area contributed by atoms with Crippen molar-refractivity contribution in [1.29, 1.82) is 0 Å². The molecule has 1 amide bonds. The molecule has 2 rings (SSSR count). The lowest BCUT2D eigenvalue weighted by Gasteiger charge is -2.24. The van der Waals surface area contributed by atoms with E-state index in [-0.39, 0.29) is 19.1 Å². The molecule has 0 bridgehead atoms. The molecule has 0 radical (unpaired) electrons. The maximum atomic E-state index is 12.8. The molecule has 0 unspecified atom stereocenters. The Morgan fingerprint density at radius 2 is 1.90 bits per heavy atom. The monoisotopic (exact) mass is 412 g/mol. The van der Waals surface area contributed by atoms with Crippen molar-refractivity contribution in [2.45, 2.75) is 0 Å². The van der Waals surface area contributed by atoms with E-state index in [2.05, 4.69) is 31.9 Å². The van der Waals surface area contributed by atoms with E-state index in [9.17, 15) is 9.90 Å². The van der Waals surface area contributed by atoms with Gasteiger partial charge in [0.05, 0.1) is 23.5 Å². The summed E-state index contributed by atoms with van der Waals surface area (Å²) in [6.45, 7) is 0.0255. The Hall–Kier alpha value is -1.37. The zero-order chi connectivity index (χ0) is 15.4. The predicted molar refractivity (Wildman–Crippen MR) is 91.5 cm³/mol. The summed E-state index contributed by atoms with van der Waals surface area (Å²) in [4.78, 5) is 14.2. The van der Waals surface area contributed by atoms with Crippen LogP contribution in [0.25, 0.3) is 0 Å². The highest BCUT2D eigenvalue weighted by atomic mass is 79.9. The molecule has 0 atom stereocenters. The second kappa shape index (κ2) is 7.06. The van der Waals surface area contributed by atoms with Crippen LogP contribution in [0.3, 0.4) is 0 Å². The fourth-order valence-electron chi connectivity index (χ4n) is 1.97. The number of nitrogens with zero attached hydrogens (tertiary/aromatic N) is 1. The van der Waals surface area contributed by atoms with Gasteiger partial charge >= 0.3 is 0 Å². The quantitative estimate of drug-likeness (QED) is 0.754. The molecule has 0 aliphatic heterocycles. The Bertz CT molecular complexity index is 662. The van der Waals surface area contributed by atoms with Gasteiger partial charge in [0.25, 0.3) is 5.91 Å². The molecule has 0 saturated carbocycles. The van der Waals surface area contributed by atoms with Gasteiger partial charge in [0.1, 0.15) is 0 Å². The molecule has 0 saturated heterocycles. The number of halogens is 2. The summed E-state index contributed by atoms with van der Waals surface area (Å²) in [5, 5.41) is 9.25. The van der Waals surface area contributed by atoms with Crippen LogP contribution in [0, 0.1) is 0 Å². The lowest BCUT2D eigenvalue weighted by atomic mass is 10.1. The molecule has 4 nitrogen and oxygen atoms in total. The zero-order valence-corrected chi connectivity index (χ0v) is 14.3. The van der Waals surface area contributed by atoms with Gasteiger partial charge in [-0.15, -0.1) is 0 Å². The number of benzene rings is 2. The first-order valence-corrected chi connectivity index (χ1v) is 7.85. The van der Waals surface area contributed by atoms with Gasteiger partial charge in [-0.3, -0.25) is 4.79 Å². The highest BCUT2D eigenvalue weighted by molar-refractivity contribution is 9.11. The van der Waals surface area contributed by atoms with E-state index in [4.69, 9.17) is 5.73 Å². The molecule has 0 aliphatic carbocycles. The van der Waals surface area contributed by atoms with Crippen molar-refractivity contribution < 1.29 is 9.90 Å². The molecule has 2 aromatic carbocycles. The van der Waals surface area contributed by atoms with Crippen LogP contribution in [-0.4, -0.2) is 24.2 Å². The van der Waals surface area contributed by atoms with E-state index in [1.807, 2.05) is 6.07 Å². The highest BCUT2D eigenvalue weighted by Gasteiger charge is 2.21.